The van der Waals surface area contributed by atoms with Crippen molar-refractivity contribution in [2.75, 3.05) is 13.2 Å². The average molecular weight is 285 g/mol. The Labute approximate surface area is 126 Å². The van der Waals surface area contributed by atoms with E-state index in [9.17, 15) is 4.79 Å². The molecule has 0 radical (unpaired) electrons. The van der Waals surface area contributed by atoms with Crippen molar-refractivity contribution in [2.45, 2.75) is 26.7 Å². The van der Waals surface area contributed by atoms with Crippen LogP contribution in [-0.2, 0) is 4.74 Å². The monoisotopic (exact) mass is 285 g/mol. The molecule has 0 bridgehead atoms. The van der Waals surface area contributed by atoms with Gasteiger partial charge in [-0.05, 0) is 29.2 Å². The van der Waals surface area contributed by atoms with Gasteiger partial charge in [0.25, 0.3) is 0 Å². The van der Waals surface area contributed by atoms with Gasteiger partial charge in [0.2, 0.25) is 0 Å². The predicted molar refractivity (Wildman–Crippen MR) is 86.6 cm³/mol. The van der Waals surface area contributed by atoms with Crippen LogP contribution in [0.5, 0.6) is 0 Å². The maximum Gasteiger partial charge on any atom is 0.407 e. The number of hydrogen-bond donors (Lipinski definition) is 1. The molecule has 0 aromatic heterocycles. The molecule has 2 rings (SSSR count). The van der Waals surface area contributed by atoms with Gasteiger partial charge in [0.05, 0.1) is 6.61 Å². The van der Waals surface area contributed by atoms with E-state index in [1.165, 1.54) is 16.3 Å². The standard InChI is InChI=1S/C18H23NO2/c1-4-21-18(20)19-12-17(13(2)3)16-11-7-9-14-8-5-6-10-15(14)16/h5-11,13,17H,4,12H2,1-3H3,(H,19,20). The van der Waals surface area contributed by atoms with Crippen LogP contribution in [0.3, 0.4) is 0 Å². The van der Waals surface area contributed by atoms with Gasteiger partial charge in [-0.15, -0.1) is 0 Å². The summed E-state index contributed by atoms with van der Waals surface area (Å²) in [6.45, 7) is 7.15. The van der Waals surface area contributed by atoms with E-state index < -0.39 is 0 Å². The molecule has 0 saturated heterocycles. The summed E-state index contributed by atoms with van der Waals surface area (Å²) in [5.41, 5.74) is 1.28. The van der Waals surface area contributed by atoms with Crippen LogP contribution in [0.4, 0.5) is 4.79 Å². The van der Waals surface area contributed by atoms with E-state index in [2.05, 4.69) is 55.6 Å². The number of carbonyl (C=O) groups excluding carboxylic acids is 1. The van der Waals surface area contributed by atoms with Crippen molar-refractivity contribution < 1.29 is 9.53 Å². The SMILES string of the molecule is CCOC(=O)NCC(c1cccc2ccccc12)C(C)C. The Morgan fingerprint density at radius 2 is 1.86 bits per heavy atom. The minimum Gasteiger partial charge on any atom is -0.450 e. The van der Waals surface area contributed by atoms with E-state index in [-0.39, 0.29) is 12.0 Å². The first-order valence-corrected chi connectivity index (χ1v) is 7.51. The van der Waals surface area contributed by atoms with Crippen molar-refractivity contribution in [3.05, 3.63) is 48.0 Å². The summed E-state index contributed by atoms with van der Waals surface area (Å²) in [4.78, 5) is 11.5. The normalized spacial score (nSPS) is 12.4. The summed E-state index contributed by atoms with van der Waals surface area (Å²) in [6.07, 6.45) is -0.344. The number of rotatable bonds is 5. The number of benzene rings is 2. The third-order valence-electron chi connectivity index (χ3n) is 3.77. The Bertz CT molecular complexity index is 602. The quantitative estimate of drug-likeness (QED) is 0.888. The van der Waals surface area contributed by atoms with Crippen molar-refractivity contribution in [1.29, 1.82) is 0 Å². The molecular weight excluding hydrogens is 262 g/mol. The molecule has 0 spiro atoms. The maximum atomic E-state index is 11.5. The number of nitrogens with one attached hydrogen (secondary N) is 1. The number of ether oxygens (including phenoxy) is 1. The summed E-state index contributed by atoms with van der Waals surface area (Å²) in [6, 6.07) is 14.7. The molecule has 1 amide bonds. The molecule has 3 nitrogen and oxygen atoms in total. The largest absolute Gasteiger partial charge is 0.450 e. The van der Waals surface area contributed by atoms with Crippen LogP contribution in [0, 0.1) is 5.92 Å². The summed E-state index contributed by atoms with van der Waals surface area (Å²) in [5, 5.41) is 5.35. The highest BCUT2D eigenvalue weighted by atomic mass is 16.5. The van der Waals surface area contributed by atoms with Gasteiger partial charge in [-0.25, -0.2) is 4.79 Å². The van der Waals surface area contributed by atoms with Gasteiger partial charge in [0, 0.05) is 12.5 Å². The Balaban J connectivity index is 2.26. The zero-order valence-electron chi connectivity index (χ0n) is 12.9. The van der Waals surface area contributed by atoms with Crippen molar-refractivity contribution in [2.24, 2.45) is 5.92 Å². The van der Waals surface area contributed by atoms with Gasteiger partial charge in [-0.1, -0.05) is 56.3 Å². The van der Waals surface area contributed by atoms with E-state index in [0.29, 0.717) is 19.1 Å². The van der Waals surface area contributed by atoms with Gasteiger partial charge in [-0.2, -0.15) is 0 Å². The molecule has 0 heterocycles. The lowest BCUT2D eigenvalue weighted by Gasteiger charge is -2.23. The lowest BCUT2D eigenvalue weighted by molar-refractivity contribution is 0.151. The van der Waals surface area contributed by atoms with Crippen LogP contribution >= 0.6 is 0 Å². The second kappa shape index (κ2) is 7.11. The van der Waals surface area contributed by atoms with Crippen LogP contribution in [0.2, 0.25) is 0 Å². The molecule has 1 N–H and O–H groups in total. The molecular formula is C18H23NO2. The molecule has 2 aromatic rings. The molecule has 3 heteroatoms. The predicted octanol–water partition coefficient (Wildman–Crippen LogP) is 4.33. The van der Waals surface area contributed by atoms with Crippen molar-refractivity contribution >= 4 is 16.9 Å². The summed E-state index contributed by atoms with van der Waals surface area (Å²) in [5.74, 6) is 0.693. The highest BCUT2D eigenvalue weighted by molar-refractivity contribution is 5.86. The lowest BCUT2D eigenvalue weighted by atomic mass is 9.85. The smallest absolute Gasteiger partial charge is 0.407 e. The zero-order valence-corrected chi connectivity index (χ0v) is 12.9. The Morgan fingerprint density at radius 1 is 1.14 bits per heavy atom. The molecule has 21 heavy (non-hydrogen) atoms. The minimum atomic E-state index is -0.344. The molecule has 0 aliphatic heterocycles. The van der Waals surface area contributed by atoms with E-state index in [1.54, 1.807) is 0 Å². The summed E-state index contributed by atoms with van der Waals surface area (Å²) >= 11 is 0. The van der Waals surface area contributed by atoms with Gasteiger partial charge >= 0.3 is 6.09 Å². The number of hydrogen-bond acceptors (Lipinski definition) is 2. The highest BCUT2D eigenvalue weighted by Gasteiger charge is 2.19. The van der Waals surface area contributed by atoms with Crippen molar-refractivity contribution in [3.63, 3.8) is 0 Å². The van der Waals surface area contributed by atoms with Crippen molar-refractivity contribution in [1.82, 2.24) is 5.32 Å². The van der Waals surface area contributed by atoms with Crippen LogP contribution in [0.25, 0.3) is 10.8 Å². The Hall–Kier alpha value is -2.03. The fourth-order valence-corrected chi connectivity index (χ4v) is 2.65. The van der Waals surface area contributed by atoms with Crippen LogP contribution in [0.15, 0.2) is 42.5 Å². The average Bonchev–Trinajstić information content (AvgIpc) is 2.47. The molecule has 2 aromatic carbocycles. The Kier molecular flexibility index (Phi) is 5.20. The van der Waals surface area contributed by atoms with Crippen LogP contribution < -0.4 is 5.32 Å². The topological polar surface area (TPSA) is 38.3 Å². The van der Waals surface area contributed by atoms with Crippen molar-refractivity contribution in [3.8, 4) is 0 Å². The molecule has 1 unspecified atom stereocenters. The molecule has 0 aliphatic rings. The van der Waals surface area contributed by atoms with Crippen LogP contribution in [-0.4, -0.2) is 19.2 Å². The van der Waals surface area contributed by atoms with Gasteiger partial charge in [0.15, 0.2) is 0 Å². The van der Waals surface area contributed by atoms with Gasteiger partial charge < -0.3 is 10.1 Å². The number of amides is 1. The first-order chi connectivity index (χ1) is 10.1. The number of carbonyl (C=O) groups is 1. The molecule has 0 fully saturated rings. The van der Waals surface area contributed by atoms with Crippen LogP contribution in [0.1, 0.15) is 32.3 Å². The highest BCUT2D eigenvalue weighted by Crippen LogP contribution is 2.30. The minimum absolute atomic E-state index is 0.264. The van der Waals surface area contributed by atoms with E-state index in [1.807, 2.05) is 13.0 Å². The molecule has 0 aliphatic carbocycles. The third kappa shape index (κ3) is 3.75. The second-order valence-corrected chi connectivity index (χ2v) is 5.52. The third-order valence-corrected chi connectivity index (χ3v) is 3.77. The van der Waals surface area contributed by atoms with E-state index in [0.717, 1.165) is 0 Å². The maximum absolute atomic E-state index is 11.5. The zero-order chi connectivity index (χ0) is 15.2. The lowest BCUT2D eigenvalue weighted by Crippen LogP contribution is -2.31. The summed E-state index contributed by atoms with van der Waals surface area (Å²) in [7, 11) is 0. The van der Waals surface area contributed by atoms with Gasteiger partial charge in [-0.3, -0.25) is 0 Å². The number of alkyl carbamates (subject to hydrolysis) is 1. The molecule has 112 valence electrons. The fourth-order valence-electron chi connectivity index (χ4n) is 2.65. The molecule has 1 atom stereocenters. The van der Waals surface area contributed by atoms with Gasteiger partial charge in [0.1, 0.15) is 0 Å². The fraction of sp³-hybridized carbons (Fsp3) is 0.389. The summed E-state index contributed by atoms with van der Waals surface area (Å²) < 4.78 is 4.95. The first kappa shape index (κ1) is 15.4. The molecule has 0 saturated carbocycles. The second-order valence-electron chi connectivity index (χ2n) is 5.52. The van der Waals surface area contributed by atoms with E-state index >= 15 is 0 Å². The van der Waals surface area contributed by atoms with E-state index in [4.69, 9.17) is 4.74 Å². The number of fused-ring (bicyclic) bond motifs is 1. The first-order valence-electron chi connectivity index (χ1n) is 7.51. The Morgan fingerprint density at radius 3 is 2.57 bits per heavy atom.